The lowest BCUT2D eigenvalue weighted by molar-refractivity contribution is 0.484. The first-order chi connectivity index (χ1) is 11.2. The Kier molecular flexibility index (Phi) is 5.54. The van der Waals surface area contributed by atoms with Crippen LogP contribution in [0, 0.1) is 0 Å². The third-order valence-corrected chi connectivity index (χ3v) is 4.29. The molecule has 0 aliphatic heterocycles. The number of furan rings is 1. The van der Waals surface area contributed by atoms with Gasteiger partial charge >= 0.3 is 0 Å². The molecule has 6 heteroatoms. The fourth-order valence-electron chi connectivity index (χ4n) is 2.32. The topological polar surface area (TPSA) is 43.0 Å². The van der Waals surface area contributed by atoms with E-state index in [1.807, 2.05) is 42.9 Å². The lowest BCUT2D eigenvalue weighted by Gasteiger charge is -2.04. The minimum absolute atomic E-state index is 0.675. The molecule has 120 valence electrons. The predicted octanol–water partition coefficient (Wildman–Crippen LogP) is 4.74. The fourth-order valence-corrected chi connectivity index (χ4v) is 3.09. The van der Waals surface area contributed by atoms with E-state index in [0.29, 0.717) is 11.6 Å². The van der Waals surface area contributed by atoms with Crippen LogP contribution in [-0.2, 0) is 13.1 Å². The van der Waals surface area contributed by atoms with Gasteiger partial charge in [-0.2, -0.15) is 0 Å². The van der Waals surface area contributed by atoms with E-state index in [1.54, 1.807) is 6.20 Å². The second-order valence-corrected chi connectivity index (χ2v) is 6.54. The van der Waals surface area contributed by atoms with Crippen LogP contribution in [0.3, 0.4) is 0 Å². The lowest BCUT2D eigenvalue weighted by Crippen LogP contribution is -2.15. The van der Waals surface area contributed by atoms with Crippen LogP contribution in [0.1, 0.15) is 12.2 Å². The van der Waals surface area contributed by atoms with E-state index in [-0.39, 0.29) is 0 Å². The van der Waals surface area contributed by atoms with E-state index in [2.05, 4.69) is 30.8 Å². The minimum Gasteiger partial charge on any atom is -0.460 e. The Morgan fingerprint density at radius 1 is 1.26 bits per heavy atom. The first-order valence-corrected chi connectivity index (χ1v) is 8.60. The average Bonchev–Trinajstić information content (AvgIpc) is 3.18. The summed E-state index contributed by atoms with van der Waals surface area (Å²) in [5, 5.41) is 4.06. The van der Waals surface area contributed by atoms with Crippen LogP contribution in [0.25, 0.3) is 11.3 Å². The van der Waals surface area contributed by atoms with Gasteiger partial charge in [-0.25, -0.2) is 4.98 Å². The van der Waals surface area contributed by atoms with Crippen LogP contribution in [0.2, 0.25) is 5.02 Å². The first kappa shape index (κ1) is 16.3. The number of rotatable bonds is 7. The largest absolute Gasteiger partial charge is 0.460 e. The van der Waals surface area contributed by atoms with Crippen LogP contribution in [0.5, 0.6) is 0 Å². The molecule has 0 unspecified atom stereocenters. The van der Waals surface area contributed by atoms with Crippen molar-refractivity contribution in [2.24, 2.45) is 0 Å². The van der Waals surface area contributed by atoms with Crippen molar-refractivity contribution in [3.8, 4) is 11.3 Å². The van der Waals surface area contributed by atoms with Gasteiger partial charge < -0.3 is 14.3 Å². The zero-order chi connectivity index (χ0) is 16.1. The summed E-state index contributed by atoms with van der Waals surface area (Å²) in [6, 6.07) is 9.72. The molecular formula is C17H17BrClN3O. The second kappa shape index (κ2) is 7.81. The summed E-state index contributed by atoms with van der Waals surface area (Å²) in [4.78, 5) is 4.03. The number of aryl methyl sites for hydroxylation is 1. The van der Waals surface area contributed by atoms with Gasteiger partial charge in [0.25, 0.3) is 0 Å². The van der Waals surface area contributed by atoms with Crippen molar-refractivity contribution in [3.63, 3.8) is 0 Å². The molecule has 0 saturated heterocycles. The van der Waals surface area contributed by atoms with Crippen molar-refractivity contribution < 1.29 is 4.42 Å². The molecule has 3 aromatic rings. The van der Waals surface area contributed by atoms with Crippen molar-refractivity contribution in [1.29, 1.82) is 0 Å². The minimum atomic E-state index is 0.675. The van der Waals surface area contributed by atoms with Crippen molar-refractivity contribution in [2.75, 3.05) is 6.54 Å². The Morgan fingerprint density at radius 3 is 2.96 bits per heavy atom. The summed E-state index contributed by atoms with van der Waals surface area (Å²) in [5.74, 6) is 1.69. The molecule has 2 aromatic heterocycles. The molecule has 0 saturated carbocycles. The van der Waals surface area contributed by atoms with Gasteiger partial charge in [-0.3, -0.25) is 0 Å². The van der Waals surface area contributed by atoms with E-state index in [9.17, 15) is 0 Å². The molecule has 3 rings (SSSR count). The second-order valence-electron chi connectivity index (χ2n) is 5.22. The number of nitrogens with zero attached hydrogens (tertiary/aromatic N) is 2. The smallest absolute Gasteiger partial charge is 0.135 e. The molecule has 0 atom stereocenters. The van der Waals surface area contributed by atoms with E-state index >= 15 is 0 Å². The highest BCUT2D eigenvalue weighted by Crippen LogP contribution is 2.31. The van der Waals surface area contributed by atoms with Crippen molar-refractivity contribution in [1.82, 2.24) is 14.9 Å². The van der Waals surface area contributed by atoms with Gasteiger partial charge in [0.05, 0.1) is 17.9 Å². The molecule has 0 amide bonds. The molecule has 0 bridgehead atoms. The molecule has 0 aliphatic carbocycles. The molecular weight excluding hydrogens is 378 g/mol. The highest BCUT2D eigenvalue weighted by molar-refractivity contribution is 9.10. The number of hydrogen-bond acceptors (Lipinski definition) is 3. The molecule has 2 heterocycles. The van der Waals surface area contributed by atoms with Gasteiger partial charge in [0, 0.05) is 29.0 Å². The quantitative estimate of drug-likeness (QED) is 0.589. The summed E-state index contributed by atoms with van der Waals surface area (Å²) < 4.78 is 8.89. The normalized spacial score (nSPS) is 11.0. The molecule has 23 heavy (non-hydrogen) atoms. The molecule has 0 fully saturated rings. The van der Waals surface area contributed by atoms with Crippen molar-refractivity contribution in [3.05, 3.63) is 64.3 Å². The zero-order valence-electron chi connectivity index (χ0n) is 12.5. The SMILES string of the molecule is Clc1cc(Br)ccc1-c1ccc(CNCCCn2ccnc2)o1. The summed E-state index contributed by atoms with van der Waals surface area (Å²) in [6.07, 6.45) is 6.65. The Balaban J connectivity index is 1.49. The lowest BCUT2D eigenvalue weighted by atomic mass is 10.2. The fraction of sp³-hybridized carbons (Fsp3) is 0.235. The monoisotopic (exact) mass is 393 g/mol. The summed E-state index contributed by atoms with van der Waals surface area (Å²) >= 11 is 9.66. The molecule has 1 aromatic carbocycles. The third kappa shape index (κ3) is 4.47. The van der Waals surface area contributed by atoms with Gasteiger partial charge in [0.2, 0.25) is 0 Å². The van der Waals surface area contributed by atoms with Crippen LogP contribution >= 0.6 is 27.5 Å². The number of hydrogen-bond donors (Lipinski definition) is 1. The number of imidazole rings is 1. The number of benzene rings is 1. The standard InChI is InChI=1S/C17H17BrClN3O/c18-13-2-4-15(16(19)10-13)17-5-3-14(23-17)11-20-6-1-8-22-9-7-21-12-22/h2-5,7,9-10,12,20H,1,6,8,11H2. The Hall–Kier alpha value is -1.56. The molecule has 0 spiro atoms. The maximum atomic E-state index is 6.25. The van der Waals surface area contributed by atoms with Gasteiger partial charge in [-0.15, -0.1) is 0 Å². The number of halogens is 2. The Morgan fingerprint density at radius 2 is 2.17 bits per heavy atom. The van der Waals surface area contributed by atoms with E-state index < -0.39 is 0 Å². The molecule has 0 radical (unpaired) electrons. The van der Waals surface area contributed by atoms with Gasteiger partial charge in [-0.1, -0.05) is 27.5 Å². The molecule has 4 nitrogen and oxygen atoms in total. The first-order valence-electron chi connectivity index (χ1n) is 7.43. The highest BCUT2D eigenvalue weighted by atomic mass is 79.9. The van der Waals surface area contributed by atoms with Crippen molar-refractivity contribution >= 4 is 27.5 Å². The van der Waals surface area contributed by atoms with Crippen molar-refractivity contribution in [2.45, 2.75) is 19.5 Å². The molecule has 1 N–H and O–H groups in total. The van der Waals surface area contributed by atoms with Gasteiger partial charge in [0.15, 0.2) is 0 Å². The Bertz CT molecular complexity index is 755. The van der Waals surface area contributed by atoms with Crippen LogP contribution < -0.4 is 5.32 Å². The van der Waals surface area contributed by atoms with E-state index in [1.165, 1.54) is 0 Å². The third-order valence-electron chi connectivity index (χ3n) is 3.49. The maximum absolute atomic E-state index is 6.25. The summed E-state index contributed by atoms with van der Waals surface area (Å²) in [7, 11) is 0. The summed E-state index contributed by atoms with van der Waals surface area (Å²) in [6.45, 7) is 2.59. The van der Waals surface area contributed by atoms with Crippen LogP contribution in [-0.4, -0.2) is 16.1 Å². The van der Waals surface area contributed by atoms with Crippen LogP contribution in [0.15, 0.2) is 57.9 Å². The highest BCUT2D eigenvalue weighted by Gasteiger charge is 2.09. The van der Waals surface area contributed by atoms with Gasteiger partial charge in [-0.05, 0) is 43.3 Å². The predicted molar refractivity (Wildman–Crippen MR) is 95.4 cm³/mol. The molecule has 0 aliphatic rings. The number of nitrogens with one attached hydrogen (secondary N) is 1. The van der Waals surface area contributed by atoms with E-state index in [0.717, 1.165) is 41.1 Å². The van der Waals surface area contributed by atoms with E-state index in [4.69, 9.17) is 16.0 Å². The average molecular weight is 395 g/mol. The van der Waals surface area contributed by atoms with Gasteiger partial charge in [0.1, 0.15) is 11.5 Å². The Labute approximate surface area is 148 Å². The number of aromatic nitrogens is 2. The zero-order valence-corrected chi connectivity index (χ0v) is 14.8. The van der Waals surface area contributed by atoms with Crippen LogP contribution in [0.4, 0.5) is 0 Å². The maximum Gasteiger partial charge on any atom is 0.135 e. The summed E-state index contributed by atoms with van der Waals surface area (Å²) in [5.41, 5.74) is 0.904.